The van der Waals surface area contributed by atoms with Gasteiger partial charge in [0.15, 0.2) is 0 Å². The molecular formula is C60H114NO7P. The molecule has 8 nitrogen and oxygen atoms in total. The summed E-state index contributed by atoms with van der Waals surface area (Å²) in [7, 11) is 1.36. The van der Waals surface area contributed by atoms with E-state index in [2.05, 4.69) is 62.5 Å². The Labute approximate surface area is 428 Å². The molecule has 0 fully saturated rings. The molecular weight excluding hydrogens is 878 g/mol. The van der Waals surface area contributed by atoms with Gasteiger partial charge in [0.2, 0.25) is 0 Å². The zero-order chi connectivity index (χ0) is 50.5. The van der Waals surface area contributed by atoms with Crippen molar-refractivity contribution >= 4 is 13.8 Å². The average molecular weight is 993 g/mol. The van der Waals surface area contributed by atoms with Crippen LogP contribution in [-0.2, 0) is 27.9 Å². The van der Waals surface area contributed by atoms with Crippen molar-refractivity contribution in [2.45, 2.75) is 277 Å². The molecule has 406 valence electrons. The molecule has 0 spiro atoms. The smallest absolute Gasteiger partial charge is 0.306 e. The van der Waals surface area contributed by atoms with E-state index in [0.717, 1.165) is 44.9 Å². The first-order valence-electron chi connectivity index (χ1n) is 29.4. The fourth-order valence-electron chi connectivity index (χ4n) is 8.32. The molecule has 0 saturated carbocycles. The highest BCUT2D eigenvalue weighted by Gasteiger charge is 2.20. The summed E-state index contributed by atoms with van der Waals surface area (Å²) in [5, 5.41) is 0. The number of carbonyl (C=O) groups is 1. The number of nitrogens with zero attached hydrogens (tertiary/aromatic N) is 1. The maximum atomic E-state index is 12.8. The van der Waals surface area contributed by atoms with Crippen LogP contribution in [0, 0.1) is 0 Å². The lowest BCUT2D eigenvalue weighted by Crippen LogP contribution is -2.37. The highest BCUT2D eigenvalue weighted by Crippen LogP contribution is 2.38. The molecule has 0 aromatic carbocycles. The first-order chi connectivity index (χ1) is 33.6. The van der Waals surface area contributed by atoms with Gasteiger partial charge >= 0.3 is 5.97 Å². The molecule has 0 rings (SSSR count). The molecule has 0 aromatic heterocycles. The Morgan fingerprint density at radius 3 is 1.17 bits per heavy atom. The third-order valence-corrected chi connectivity index (χ3v) is 13.8. The predicted molar refractivity (Wildman–Crippen MR) is 296 cm³/mol. The monoisotopic (exact) mass is 992 g/mol. The van der Waals surface area contributed by atoms with Gasteiger partial charge in [0.25, 0.3) is 7.82 Å². The van der Waals surface area contributed by atoms with Crippen LogP contribution in [0.1, 0.15) is 271 Å². The molecule has 0 aromatic rings. The molecule has 0 heterocycles. The van der Waals surface area contributed by atoms with E-state index in [1.165, 1.54) is 205 Å². The Morgan fingerprint density at radius 1 is 0.449 bits per heavy atom. The molecule has 0 aliphatic rings. The number of rotatable bonds is 55. The van der Waals surface area contributed by atoms with Crippen LogP contribution in [0.5, 0.6) is 0 Å². The van der Waals surface area contributed by atoms with Crippen LogP contribution in [0.25, 0.3) is 0 Å². The molecule has 0 aliphatic heterocycles. The van der Waals surface area contributed by atoms with E-state index in [1.54, 1.807) is 0 Å². The summed E-state index contributed by atoms with van der Waals surface area (Å²) >= 11 is 0. The second-order valence-corrected chi connectivity index (χ2v) is 22.4. The Balaban J connectivity index is 4.06. The van der Waals surface area contributed by atoms with E-state index in [9.17, 15) is 14.3 Å². The lowest BCUT2D eigenvalue weighted by atomic mass is 10.0. The minimum Gasteiger partial charge on any atom is -0.756 e. The van der Waals surface area contributed by atoms with Gasteiger partial charge in [-0.3, -0.25) is 9.36 Å². The van der Waals surface area contributed by atoms with E-state index in [1.807, 2.05) is 21.1 Å². The van der Waals surface area contributed by atoms with E-state index < -0.39 is 13.9 Å². The number of phosphoric ester groups is 1. The van der Waals surface area contributed by atoms with Gasteiger partial charge in [0, 0.05) is 13.0 Å². The normalized spacial score (nSPS) is 13.8. The van der Waals surface area contributed by atoms with E-state index in [0.29, 0.717) is 24.1 Å². The molecule has 0 bridgehead atoms. The minimum absolute atomic E-state index is 0.0253. The van der Waals surface area contributed by atoms with E-state index in [4.69, 9.17) is 18.5 Å². The summed E-state index contributed by atoms with van der Waals surface area (Å²) in [5.74, 6) is -0.333. The van der Waals surface area contributed by atoms with Gasteiger partial charge in [-0.15, -0.1) is 0 Å². The maximum absolute atomic E-state index is 12.8. The molecule has 0 amide bonds. The van der Waals surface area contributed by atoms with Crippen molar-refractivity contribution in [2.24, 2.45) is 0 Å². The molecule has 0 saturated heterocycles. The second-order valence-electron chi connectivity index (χ2n) is 21.0. The molecule has 9 heteroatoms. The number of carbonyl (C=O) groups excluding carboxylic acids is 1. The maximum Gasteiger partial charge on any atom is 0.306 e. The van der Waals surface area contributed by atoms with Crippen LogP contribution in [0.15, 0.2) is 48.6 Å². The average Bonchev–Trinajstić information content (AvgIpc) is 3.31. The third kappa shape index (κ3) is 57.2. The van der Waals surface area contributed by atoms with Crippen molar-refractivity contribution in [3.8, 4) is 0 Å². The number of hydrogen-bond acceptors (Lipinski definition) is 7. The zero-order valence-electron chi connectivity index (χ0n) is 46.3. The fraction of sp³-hybridized carbons (Fsp3) is 0.850. The predicted octanol–water partition coefficient (Wildman–Crippen LogP) is 18.0. The first-order valence-corrected chi connectivity index (χ1v) is 30.8. The van der Waals surface area contributed by atoms with Crippen molar-refractivity contribution in [1.29, 1.82) is 0 Å². The SMILES string of the molecule is CCCCCCC/C=C\C/C=C\CCCCCCCCCCCCCCOCC(COP(=O)([O-])OCC[N+](C)(C)C)OC(=O)CCCCCCCCCCCCC/C=C\C/C=C\CCCCCCC. The van der Waals surface area contributed by atoms with Crippen LogP contribution in [0.4, 0.5) is 0 Å². The quantitative estimate of drug-likeness (QED) is 0.0197. The number of likely N-dealkylation sites (N-methyl/N-ethyl adjacent to an activating group) is 1. The van der Waals surface area contributed by atoms with E-state index in [-0.39, 0.29) is 25.8 Å². The van der Waals surface area contributed by atoms with Crippen molar-refractivity contribution in [2.75, 3.05) is 54.1 Å². The number of quaternary nitrogens is 1. The van der Waals surface area contributed by atoms with Gasteiger partial charge in [-0.1, -0.05) is 236 Å². The Kier molecular flexibility index (Phi) is 51.6. The highest BCUT2D eigenvalue weighted by molar-refractivity contribution is 7.45. The van der Waals surface area contributed by atoms with Gasteiger partial charge in [-0.25, -0.2) is 0 Å². The largest absolute Gasteiger partial charge is 0.756 e. The van der Waals surface area contributed by atoms with Gasteiger partial charge in [0.05, 0.1) is 34.4 Å². The molecule has 0 N–H and O–H groups in total. The summed E-state index contributed by atoms with van der Waals surface area (Å²) in [6.07, 6.45) is 67.2. The van der Waals surface area contributed by atoms with Crippen LogP contribution >= 0.6 is 7.82 Å². The van der Waals surface area contributed by atoms with Crippen molar-refractivity contribution in [3.63, 3.8) is 0 Å². The standard InChI is InChI=1S/C60H114NO7P/c1-6-8-10-12-14-16-18-20-22-24-26-28-30-32-34-36-38-40-42-44-46-48-50-52-55-65-57-59(58-67-69(63,64)66-56-54-61(3,4)5)68-60(62)53-51-49-47-45-43-41-39-37-35-33-31-29-27-25-23-21-19-17-15-13-11-9-7-2/h18-21,24-27,59H,6-17,22-23,28-58H2,1-5H3/b20-18-,21-19-,26-24-,27-25-. The molecule has 0 radical (unpaired) electrons. The van der Waals surface area contributed by atoms with Gasteiger partial charge in [-0.2, -0.15) is 0 Å². The Hall–Kier alpha value is -1.54. The Morgan fingerprint density at radius 2 is 0.797 bits per heavy atom. The van der Waals surface area contributed by atoms with Crippen LogP contribution in [-0.4, -0.2) is 70.7 Å². The first kappa shape index (κ1) is 67.5. The molecule has 0 aliphatic carbocycles. The minimum atomic E-state index is -4.54. The summed E-state index contributed by atoms with van der Waals surface area (Å²) in [4.78, 5) is 25.3. The summed E-state index contributed by atoms with van der Waals surface area (Å²) in [6, 6.07) is 0. The lowest BCUT2D eigenvalue weighted by molar-refractivity contribution is -0.870. The number of phosphoric acid groups is 1. The van der Waals surface area contributed by atoms with Gasteiger partial charge < -0.3 is 27.9 Å². The Bertz CT molecular complexity index is 1240. The number of unbranched alkanes of at least 4 members (excludes halogenated alkanes) is 33. The number of hydrogen-bond donors (Lipinski definition) is 0. The number of ether oxygens (including phenoxy) is 2. The zero-order valence-corrected chi connectivity index (χ0v) is 47.2. The van der Waals surface area contributed by atoms with Crippen LogP contribution in [0.2, 0.25) is 0 Å². The molecule has 2 atom stereocenters. The summed E-state index contributed by atoms with van der Waals surface area (Å²) in [6.45, 7) is 5.43. The van der Waals surface area contributed by atoms with Crippen molar-refractivity contribution in [1.82, 2.24) is 0 Å². The van der Waals surface area contributed by atoms with Crippen LogP contribution < -0.4 is 4.89 Å². The summed E-state index contributed by atoms with van der Waals surface area (Å²) in [5.41, 5.74) is 0. The van der Waals surface area contributed by atoms with Crippen molar-refractivity contribution in [3.05, 3.63) is 48.6 Å². The topological polar surface area (TPSA) is 94.1 Å². The van der Waals surface area contributed by atoms with Gasteiger partial charge in [-0.05, 0) is 77.0 Å². The molecule has 69 heavy (non-hydrogen) atoms. The van der Waals surface area contributed by atoms with Crippen LogP contribution in [0.3, 0.4) is 0 Å². The number of esters is 1. The van der Waals surface area contributed by atoms with Crippen molar-refractivity contribution < 1.29 is 37.3 Å². The third-order valence-electron chi connectivity index (χ3n) is 12.9. The second kappa shape index (κ2) is 52.8. The fourth-order valence-corrected chi connectivity index (χ4v) is 9.04. The number of allylic oxidation sites excluding steroid dienone is 8. The van der Waals surface area contributed by atoms with Gasteiger partial charge in [0.1, 0.15) is 19.3 Å². The summed E-state index contributed by atoms with van der Waals surface area (Å²) < 4.78 is 34.9. The lowest BCUT2D eigenvalue weighted by Gasteiger charge is -2.28. The molecule has 2 unspecified atom stereocenters. The van der Waals surface area contributed by atoms with E-state index >= 15 is 0 Å². The highest BCUT2D eigenvalue weighted by atomic mass is 31.2.